The van der Waals surface area contributed by atoms with Gasteiger partial charge in [-0.3, -0.25) is 4.79 Å². The van der Waals surface area contributed by atoms with Crippen molar-refractivity contribution in [2.45, 2.75) is 0 Å². The molecule has 0 radical (unpaired) electrons. The van der Waals surface area contributed by atoms with E-state index in [1.807, 2.05) is 18.2 Å². The van der Waals surface area contributed by atoms with Gasteiger partial charge in [0.25, 0.3) is 0 Å². The van der Waals surface area contributed by atoms with E-state index in [0.29, 0.717) is 11.3 Å². The highest BCUT2D eigenvalue weighted by molar-refractivity contribution is 14.1. The largest absolute Gasteiger partial charge is 0.485 e. The lowest BCUT2D eigenvalue weighted by Gasteiger charge is -2.05. The lowest BCUT2D eigenvalue weighted by atomic mass is 10.1. The Morgan fingerprint density at radius 1 is 1.17 bits per heavy atom. The summed E-state index contributed by atoms with van der Waals surface area (Å²) in [5.41, 5.74) is 0.446. The standard InChI is InChI=1S/C14H10FIO2/c15-11-6-4-10(5-7-11)14(17)9-18-13-3-1-2-12(16)8-13/h1-8H,9H2. The maximum absolute atomic E-state index is 12.7. The second kappa shape index (κ2) is 5.95. The average Bonchev–Trinajstić information content (AvgIpc) is 2.37. The molecule has 2 aromatic rings. The van der Waals surface area contributed by atoms with Crippen molar-refractivity contribution >= 4 is 28.4 Å². The third-order valence-electron chi connectivity index (χ3n) is 2.33. The third kappa shape index (κ3) is 3.53. The van der Waals surface area contributed by atoms with Crippen LogP contribution in [0.2, 0.25) is 0 Å². The van der Waals surface area contributed by atoms with Gasteiger partial charge in [-0.25, -0.2) is 4.39 Å². The van der Waals surface area contributed by atoms with Gasteiger partial charge < -0.3 is 4.74 Å². The van der Waals surface area contributed by atoms with E-state index in [0.717, 1.165) is 3.57 Å². The molecule has 0 saturated heterocycles. The van der Waals surface area contributed by atoms with Gasteiger partial charge in [-0.1, -0.05) is 6.07 Å². The Bertz CT molecular complexity index is 552. The molecule has 2 rings (SSSR count). The molecule has 2 nitrogen and oxygen atoms in total. The van der Waals surface area contributed by atoms with Gasteiger partial charge in [0.2, 0.25) is 0 Å². The first-order valence-corrected chi connectivity index (χ1v) is 6.40. The number of benzene rings is 2. The molecular formula is C14H10FIO2. The van der Waals surface area contributed by atoms with Crippen molar-refractivity contribution in [1.29, 1.82) is 0 Å². The van der Waals surface area contributed by atoms with E-state index in [4.69, 9.17) is 4.74 Å². The molecule has 92 valence electrons. The molecule has 0 fully saturated rings. The normalized spacial score (nSPS) is 10.1. The van der Waals surface area contributed by atoms with Gasteiger partial charge in [0.15, 0.2) is 12.4 Å². The summed E-state index contributed by atoms with van der Waals surface area (Å²) in [4.78, 5) is 11.8. The van der Waals surface area contributed by atoms with Crippen molar-refractivity contribution in [3.05, 3.63) is 63.5 Å². The number of halogens is 2. The summed E-state index contributed by atoms with van der Waals surface area (Å²) in [7, 11) is 0. The average molecular weight is 356 g/mol. The van der Waals surface area contributed by atoms with Crippen molar-refractivity contribution in [3.63, 3.8) is 0 Å². The lowest BCUT2D eigenvalue weighted by Crippen LogP contribution is -2.11. The number of rotatable bonds is 4. The minimum absolute atomic E-state index is 0.0499. The summed E-state index contributed by atoms with van der Waals surface area (Å²) in [5, 5.41) is 0. The number of Topliss-reactive ketones (excluding diaryl/α,β-unsaturated/α-hetero) is 1. The number of hydrogen-bond acceptors (Lipinski definition) is 2. The van der Waals surface area contributed by atoms with Crippen LogP contribution in [0.15, 0.2) is 48.5 Å². The molecule has 0 bridgehead atoms. The molecule has 0 amide bonds. The van der Waals surface area contributed by atoms with Crippen molar-refractivity contribution in [2.24, 2.45) is 0 Å². The minimum atomic E-state index is -0.356. The predicted molar refractivity (Wildman–Crippen MR) is 75.4 cm³/mol. The van der Waals surface area contributed by atoms with E-state index in [-0.39, 0.29) is 18.2 Å². The Labute approximate surface area is 118 Å². The van der Waals surface area contributed by atoms with Crippen LogP contribution in [0.5, 0.6) is 5.75 Å². The maximum Gasteiger partial charge on any atom is 0.200 e. The molecule has 0 spiro atoms. The van der Waals surface area contributed by atoms with Gasteiger partial charge in [-0.2, -0.15) is 0 Å². The van der Waals surface area contributed by atoms with Crippen LogP contribution in [0.4, 0.5) is 4.39 Å². The summed E-state index contributed by atoms with van der Waals surface area (Å²) >= 11 is 2.17. The Morgan fingerprint density at radius 2 is 1.89 bits per heavy atom. The summed E-state index contributed by atoms with van der Waals surface area (Å²) in [6, 6.07) is 12.9. The lowest BCUT2D eigenvalue weighted by molar-refractivity contribution is 0.0921. The van der Waals surface area contributed by atoms with Crippen LogP contribution in [0, 0.1) is 9.39 Å². The highest BCUT2D eigenvalue weighted by Crippen LogP contribution is 2.15. The van der Waals surface area contributed by atoms with Crippen LogP contribution >= 0.6 is 22.6 Å². The fraction of sp³-hybridized carbons (Fsp3) is 0.0714. The number of hydrogen-bond donors (Lipinski definition) is 0. The van der Waals surface area contributed by atoms with Crippen molar-refractivity contribution in [1.82, 2.24) is 0 Å². The summed E-state index contributed by atoms with van der Waals surface area (Å²) in [5.74, 6) is 0.122. The van der Waals surface area contributed by atoms with Gasteiger partial charge >= 0.3 is 0 Å². The van der Waals surface area contributed by atoms with Crippen LogP contribution in [-0.2, 0) is 0 Å². The molecular weight excluding hydrogens is 346 g/mol. The SMILES string of the molecule is O=C(COc1cccc(I)c1)c1ccc(F)cc1. The molecule has 4 heteroatoms. The first-order valence-electron chi connectivity index (χ1n) is 5.32. The molecule has 0 aromatic heterocycles. The monoisotopic (exact) mass is 356 g/mol. The van der Waals surface area contributed by atoms with Gasteiger partial charge in [0, 0.05) is 9.13 Å². The molecule has 0 unspecified atom stereocenters. The fourth-order valence-corrected chi connectivity index (χ4v) is 1.94. The molecule has 0 heterocycles. The molecule has 0 saturated carbocycles. The van der Waals surface area contributed by atoms with Gasteiger partial charge in [0.05, 0.1) is 0 Å². The molecule has 0 atom stereocenters. The Morgan fingerprint density at radius 3 is 2.56 bits per heavy atom. The number of carbonyl (C=O) groups excluding carboxylic acids is 1. The highest BCUT2D eigenvalue weighted by atomic mass is 127. The molecule has 0 aliphatic heterocycles. The van der Waals surface area contributed by atoms with Crippen LogP contribution in [0.25, 0.3) is 0 Å². The van der Waals surface area contributed by atoms with E-state index < -0.39 is 0 Å². The number of ether oxygens (including phenoxy) is 1. The summed E-state index contributed by atoms with van der Waals surface area (Å²) in [6.45, 7) is -0.0499. The summed E-state index contributed by atoms with van der Waals surface area (Å²) in [6.07, 6.45) is 0. The van der Waals surface area contributed by atoms with Crippen molar-refractivity contribution in [2.75, 3.05) is 6.61 Å². The van der Waals surface area contributed by atoms with E-state index in [9.17, 15) is 9.18 Å². The van der Waals surface area contributed by atoms with Crippen LogP contribution in [0.3, 0.4) is 0 Å². The minimum Gasteiger partial charge on any atom is -0.485 e. The quantitative estimate of drug-likeness (QED) is 0.617. The Hall–Kier alpha value is -1.43. The molecule has 18 heavy (non-hydrogen) atoms. The number of carbonyl (C=O) groups is 1. The first kappa shape index (κ1) is 13.0. The first-order chi connectivity index (χ1) is 8.65. The number of ketones is 1. The Balaban J connectivity index is 1.98. The van der Waals surface area contributed by atoms with Crippen LogP contribution in [-0.4, -0.2) is 12.4 Å². The zero-order chi connectivity index (χ0) is 13.0. The van der Waals surface area contributed by atoms with Gasteiger partial charge in [-0.15, -0.1) is 0 Å². The molecule has 0 N–H and O–H groups in total. The zero-order valence-corrected chi connectivity index (χ0v) is 11.6. The van der Waals surface area contributed by atoms with Crippen LogP contribution in [0.1, 0.15) is 10.4 Å². The predicted octanol–water partition coefficient (Wildman–Crippen LogP) is 3.69. The topological polar surface area (TPSA) is 26.3 Å². The fourth-order valence-electron chi connectivity index (χ4n) is 1.42. The highest BCUT2D eigenvalue weighted by Gasteiger charge is 2.07. The maximum atomic E-state index is 12.7. The smallest absolute Gasteiger partial charge is 0.200 e. The molecule has 0 aliphatic rings. The van der Waals surface area contributed by atoms with Crippen molar-refractivity contribution in [3.8, 4) is 5.75 Å². The second-order valence-corrected chi connectivity index (χ2v) is 4.92. The Kier molecular flexibility index (Phi) is 4.30. The van der Waals surface area contributed by atoms with Crippen LogP contribution < -0.4 is 4.74 Å². The van der Waals surface area contributed by atoms with E-state index in [1.165, 1.54) is 24.3 Å². The van der Waals surface area contributed by atoms with Gasteiger partial charge in [0.1, 0.15) is 11.6 Å². The van der Waals surface area contributed by atoms with E-state index >= 15 is 0 Å². The molecule has 2 aromatic carbocycles. The second-order valence-electron chi connectivity index (χ2n) is 3.68. The zero-order valence-electron chi connectivity index (χ0n) is 9.40. The van der Waals surface area contributed by atoms with E-state index in [2.05, 4.69) is 22.6 Å². The van der Waals surface area contributed by atoms with Crippen molar-refractivity contribution < 1.29 is 13.9 Å². The van der Waals surface area contributed by atoms with Gasteiger partial charge in [-0.05, 0) is 65.1 Å². The summed E-state index contributed by atoms with van der Waals surface area (Å²) < 4.78 is 19.1. The third-order valence-corrected chi connectivity index (χ3v) is 3.00. The molecule has 0 aliphatic carbocycles. The van der Waals surface area contributed by atoms with E-state index in [1.54, 1.807) is 6.07 Å².